The van der Waals surface area contributed by atoms with E-state index in [-0.39, 0.29) is 0 Å². The molecule has 0 aliphatic carbocycles. The molecule has 6 nitrogen and oxygen atoms in total. The van der Waals surface area contributed by atoms with Crippen LogP contribution in [0.15, 0.2) is 40.9 Å². The zero-order valence-electron chi connectivity index (χ0n) is 12.3. The molecule has 1 aromatic heterocycles. The van der Waals surface area contributed by atoms with E-state index in [4.69, 9.17) is 27.9 Å². The lowest BCUT2D eigenvalue weighted by molar-refractivity contribution is 0.303. The first kappa shape index (κ1) is 17.0. The summed E-state index contributed by atoms with van der Waals surface area (Å²) in [6.45, 7) is 0.829. The first-order valence-corrected chi connectivity index (χ1v) is 8.49. The number of ether oxygens (including phenoxy) is 1. The summed E-state index contributed by atoms with van der Waals surface area (Å²) in [5.74, 6) is 1.15. The second kappa shape index (κ2) is 7.83. The van der Waals surface area contributed by atoms with Crippen LogP contribution in [0.2, 0.25) is 10.0 Å². The molecule has 3 aromatic rings. The highest BCUT2D eigenvalue weighted by Crippen LogP contribution is 2.27. The molecule has 0 saturated heterocycles. The third kappa shape index (κ3) is 4.37. The number of aromatic amines is 1. The summed E-state index contributed by atoms with van der Waals surface area (Å²) in [5.41, 5.74) is 1.81. The maximum absolute atomic E-state index is 6.18. The number of benzene rings is 2. The lowest BCUT2D eigenvalue weighted by Crippen LogP contribution is -2.05. The van der Waals surface area contributed by atoms with E-state index in [1.807, 2.05) is 24.3 Å². The molecule has 0 spiro atoms. The Morgan fingerprint density at radius 1 is 1.12 bits per heavy atom. The Morgan fingerprint density at radius 3 is 2.75 bits per heavy atom. The fourth-order valence-electron chi connectivity index (χ4n) is 2.03. The van der Waals surface area contributed by atoms with Gasteiger partial charge in [0.1, 0.15) is 12.4 Å². The third-order valence-corrected chi connectivity index (χ3v) is 4.28. The molecule has 124 valence electrons. The maximum atomic E-state index is 6.18. The highest BCUT2D eigenvalue weighted by molar-refractivity contribution is 9.10. The van der Waals surface area contributed by atoms with E-state index in [9.17, 15) is 0 Å². The minimum Gasteiger partial charge on any atom is -0.488 e. The second-order valence-electron chi connectivity index (χ2n) is 4.87. The molecule has 0 aliphatic heterocycles. The van der Waals surface area contributed by atoms with Crippen LogP contribution in [0.4, 0.5) is 5.95 Å². The van der Waals surface area contributed by atoms with Gasteiger partial charge in [-0.3, -0.25) is 0 Å². The Hall–Kier alpha value is -1.83. The Balaban J connectivity index is 1.72. The van der Waals surface area contributed by atoms with Crippen molar-refractivity contribution in [2.24, 2.45) is 0 Å². The molecule has 3 rings (SSSR count). The summed E-state index contributed by atoms with van der Waals surface area (Å²) in [7, 11) is 0. The van der Waals surface area contributed by atoms with E-state index in [2.05, 4.69) is 41.9 Å². The van der Waals surface area contributed by atoms with Crippen LogP contribution < -0.4 is 10.1 Å². The summed E-state index contributed by atoms with van der Waals surface area (Å²) >= 11 is 15.5. The molecule has 9 heteroatoms. The Bertz CT molecular complexity index is 829. The maximum Gasteiger partial charge on any atom is 0.263 e. The summed E-state index contributed by atoms with van der Waals surface area (Å²) in [5, 5.41) is 17.8. The Labute approximate surface area is 156 Å². The van der Waals surface area contributed by atoms with Gasteiger partial charge in [-0.2, -0.15) is 5.21 Å². The number of halogens is 3. The van der Waals surface area contributed by atoms with E-state index >= 15 is 0 Å². The van der Waals surface area contributed by atoms with Crippen LogP contribution in [-0.2, 0) is 13.2 Å². The fraction of sp³-hybridized carbons (Fsp3) is 0.133. The molecule has 0 amide bonds. The van der Waals surface area contributed by atoms with Crippen LogP contribution in [0.3, 0.4) is 0 Å². The standard InChI is InChI=1S/C15H12BrCl2N5O/c16-11-2-4-14(10(5-11)7-19-15-20-22-23-21-15)24-8-9-1-3-12(17)6-13(9)18/h1-6H,7-8H2,(H2,19,20,21,22,23). The van der Waals surface area contributed by atoms with Gasteiger partial charge in [0.15, 0.2) is 0 Å². The lowest BCUT2D eigenvalue weighted by Gasteiger charge is -2.13. The van der Waals surface area contributed by atoms with Crippen LogP contribution in [0.25, 0.3) is 0 Å². The largest absolute Gasteiger partial charge is 0.488 e. The highest BCUT2D eigenvalue weighted by Gasteiger charge is 2.08. The molecule has 0 bridgehead atoms. The van der Waals surface area contributed by atoms with Gasteiger partial charge in [-0.15, -0.1) is 5.10 Å². The molecule has 0 saturated carbocycles. The van der Waals surface area contributed by atoms with Crippen LogP contribution in [0.1, 0.15) is 11.1 Å². The number of tetrazole rings is 1. The first-order chi connectivity index (χ1) is 11.6. The molecule has 0 unspecified atom stereocenters. The van der Waals surface area contributed by atoms with Crippen LogP contribution in [0, 0.1) is 0 Å². The van der Waals surface area contributed by atoms with Gasteiger partial charge in [0.2, 0.25) is 0 Å². The predicted octanol–water partition coefficient (Wildman–Crippen LogP) is 4.46. The van der Waals surface area contributed by atoms with Gasteiger partial charge in [0.25, 0.3) is 5.95 Å². The molecule has 0 aliphatic rings. The number of nitrogens with one attached hydrogen (secondary N) is 2. The van der Waals surface area contributed by atoms with Gasteiger partial charge in [-0.1, -0.05) is 50.3 Å². The van der Waals surface area contributed by atoms with Gasteiger partial charge < -0.3 is 10.1 Å². The fourth-order valence-corrected chi connectivity index (χ4v) is 2.90. The van der Waals surface area contributed by atoms with Gasteiger partial charge >= 0.3 is 0 Å². The molecule has 2 N–H and O–H groups in total. The van der Waals surface area contributed by atoms with Gasteiger partial charge in [0, 0.05) is 32.2 Å². The smallest absolute Gasteiger partial charge is 0.263 e. The zero-order valence-corrected chi connectivity index (χ0v) is 15.4. The quantitative estimate of drug-likeness (QED) is 0.606. The molecule has 0 fully saturated rings. The van der Waals surface area contributed by atoms with Crippen molar-refractivity contribution in [1.82, 2.24) is 20.6 Å². The summed E-state index contributed by atoms with van der Waals surface area (Å²) < 4.78 is 6.86. The number of H-pyrrole nitrogens is 1. The minimum absolute atomic E-state index is 0.340. The number of hydrogen-bond donors (Lipinski definition) is 2. The number of aromatic nitrogens is 4. The Kier molecular flexibility index (Phi) is 5.55. The molecular weight excluding hydrogens is 417 g/mol. The Morgan fingerprint density at radius 2 is 2.00 bits per heavy atom. The van der Waals surface area contributed by atoms with Crippen molar-refractivity contribution in [2.45, 2.75) is 13.2 Å². The first-order valence-electron chi connectivity index (χ1n) is 6.94. The van der Waals surface area contributed by atoms with Crippen molar-refractivity contribution in [3.8, 4) is 5.75 Å². The van der Waals surface area contributed by atoms with E-state index in [0.717, 1.165) is 21.3 Å². The molecule has 2 aromatic carbocycles. The number of hydrogen-bond acceptors (Lipinski definition) is 5. The summed E-state index contributed by atoms with van der Waals surface area (Å²) in [6, 6.07) is 11.1. The summed E-state index contributed by atoms with van der Waals surface area (Å²) in [4.78, 5) is 0. The lowest BCUT2D eigenvalue weighted by atomic mass is 10.2. The van der Waals surface area contributed by atoms with Crippen LogP contribution in [-0.4, -0.2) is 20.6 Å². The molecular formula is C15H12BrCl2N5O. The van der Waals surface area contributed by atoms with Gasteiger partial charge in [-0.05, 0) is 35.5 Å². The SMILES string of the molecule is Clc1ccc(COc2ccc(Br)cc2CNc2nn[nH]n2)c(Cl)c1. The average molecular weight is 429 g/mol. The topological polar surface area (TPSA) is 75.7 Å². The van der Waals surface area contributed by atoms with Crippen molar-refractivity contribution < 1.29 is 4.74 Å². The van der Waals surface area contributed by atoms with Crippen molar-refractivity contribution in [1.29, 1.82) is 0 Å². The average Bonchev–Trinajstić information content (AvgIpc) is 3.07. The number of anilines is 1. The van der Waals surface area contributed by atoms with Crippen molar-refractivity contribution >= 4 is 45.1 Å². The second-order valence-corrected chi connectivity index (χ2v) is 6.62. The third-order valence-electron chi connectivity index (χ3n) is 3.20. The van der Waals surface area contributed by atoms with Crippen molar-refractivity contribution in [2.75, 3.05) is 5.32 Å². The van der Waals surface area contributed by atoms with E-state index < -0.39 is 0 Å². The van der Waals surface area contributed by atoms with Gasteiger partial charge in [-0.25, -0.2) is 0 Å². The van der Waals surface area contributed by atoms with Crippen molar-refractivity contribution in [3.05, 3.63) is 62.0 Å². The number of nitrogens with zero attached hydrogens (tertiary/aromatic N) is 3. The molecule has 1 heterocycles. The van der Waals surface area contributed by atoms with Crippen LogP contribution in [0.5, 0.6) is 5.75 Å². The van der Waals surface area contributed by atoms with Gasteiger partial charge in [0.05, 0.1) is 0 Å². The normalized spacial score (nSPS) is 10.6. The van der Waals surface area contributed by atoms with E-state index in [1.54, 1.807) is 12.1 Å². The van der Waals surface area contributed by atoms with E-state index in [1.165, 1.54) is 0 Å². The monoisotopic (exact) mass is 427 g/mol. The predicted molar refractivity (Wildman–Crippen MR) is 96.4 cm³/mol. The summed E-state index contributed by atoms with van der Waals surface area (Å²) in [6.07, 6.45) is 0. The van der Waals surface area contributed by atoms with E-state index in [0.29, 0.717) is 29.1 Å². The molecule has 24 heavy (non-hydrogen) atoms. The van der Waals surface area contributed by atoms with Crippen LogP contribution >= 0.6 is 39.1 Å². The number of rotatable bonds is 6. The zero-order chi connectivity index (χ0) is 16.9. The molecule has 0 atom stereocenters. The highest BCUT2D eigenvalue weighted by atomic mass is 79.9. The molecule has 0 radical (unpaired) electrons. The van der Waals surface area contributed by atoms with Crippen molar-refractivity contribution in [3.63, 3.8) is 0 Å². The minimum atomic E-state index is 0.340.